The van der Waals surface area contributed by atoms with Crippen molar-refractivity contribution in [1.29, 1.82) is 0 Å². The van der Waals surface area contributed by atoms with Gasteiger partial charge in [-0.15, -0.1) is 0 Å². The Morgan fingerprint density at radius 1 is 1.00 bits per heavy atom. The Morgan fingerprint density at radius 2 is 1.72 bits per heavy atom. The summed E-state index contributed by atoms with van der Waals surface area (Å²) in [6.07, 6.45) is 10.7. The molecule has 9 atom stereocenters. The van der Waals surface area contributed by atoms with Gasteiger partial charge in [-0.25, -0.2) is 0 Å². The van der Waals surface area contributed by atoms with Crippen molar-refractivity contribution in [2.45, 2.75) is 137 Å². The van der Waals surface area contributed by atoms with Gasteiger partial charge in [-0.3, -0.25) is 9.59 Å². The summed E-state index contributed by atoms with van der Waals surface area (Å²) in [7, 11) is 0. The zero-order chi connectivity index (χ0) is 26.0. The second kappa shape index (κ2) is 9.13. The molecule has 4 aliphatic carbocycles. The topological polar surface area (TPSA) is 65.1 Å². The first-order valence-electron chi connectivity index (χ1n) is 14.7. The second-order valence-corrected chi connectivity index (χ2v) is 13.7. The Kier molecular flexibility index (Phi) is 6.66. The lowest BCUT2D eigenvalue weighted by molar-refractivity contribution is -0.153. The van der Waals surface area contributed by atoms with E-state index in [2.05, 4.69) is 34.6 Å². The summed E-state index contributed by atoms with van der Waals surface area (Å²) in [5.41, 5.74) is 2.86. The quantitative estimate of drug-likeness (QED) is 0.219. The van der Waals surface area contributed by atoms with Gasteiger partial charge in [-0.2, -0.15) is 0 Å². The number of allylic oxidation sites excluding steroid dienone is 1. The average molecular weight is 501 g/mol. The lowest BCUT2D eigenvalue weighted by atomic mass is 9.48. The molecule has 5 aliphatic rings. The minimum Gasteiger partial charge on any atom is -0.462 e. The van der Waals surface area contributed by atoms with Crippen LogP contribution in [0, 0.1) is 34.5 Å². The van der Waals surface area contributed by atoms with Crippen LogP contribution in [0.25, 0.3) is 0 Å². The predicted molar refractivity (Wildman–Crippen MR) is 139 cm³/mol. The Hall–Kier alpha value is -1.36. The molecule has 0 aromatic heterocycles. The molecule has 0 bridgehead atoms. The van der Waals surface area contributed by atoms with E-state index in [4.69, 9.17) is 14.2 Å². The Bertz CT molecular complexity index is 937. The third-order valence-electron chi connectivity index (χ3n) is 11.2. The fourth-order valence-corrected chi connectivity index (χ4v) is 9.48. The monoisotopic (exact) mass is 500 g/mol. The number of epoxide rings is 1. The molecule has 0 aromatic carbocycles. The number of fused-ring (bicyclic) bond motifs is 3. The highest BCUT2D eigenvalue weighted by atomic mass is 16.7. The van der Waals surface area contributed by atoms with Crippen LogP contribution in [-0.2, 0) is 23.8 Å². The molecule has 202 valence electrons. The minimum atomic E-state index is -0.351. The molecule has 5 nitrogen and oxygen atoms in total. The summed E-state index contributed by atoms with van der Waals surface area (Å²) >= 11 is 0. The highest BCUT2D eigenvalue weighted by Crippen LogP contribution is 2.73. The van der Waals surface area contributed by atoms with Gasteiger partial charge in [0.1, 0.15) is 17.8 Å². The first-order valence-corrected chi connectivity index (χ1v) is 14.7. The highest BCUT2D eigenvalue weighted by Gasteiger charge is 2.78. The van der Waals surface area contributed by atoms with Crippen molar-refractivity contribution >= 4 is 11.9 Å². The van der Waals surface area contributed by atoms with Gasteiger partial charge in [0, 0.05) is 25.7 Å². The summed E-state index contributed by atoms with van der Waals surface area (Å²) in [5, 5.41) is 0. The maximum Gasteiger partial charge on any atom is 0.303 e. The summed E-state index contributed by atoms with van der Waals surface area (Å²) in [6, 6.07) is 0. The Balaban J connectivity index is 1.47. The van der Waals surface area contributed by atoms with E-state index in [0.717, 1.165) is 38.0 Å². The van der Waals surface area contributed by atoms with Crippen molar-refractivity contribution in [1.82, 2.24) is 0 Å². The molecule has 3 saturated carbocycles. The molecule has 5 rings (SSSR count). The fourth-order valence-electron chi connectivity index (χ4n) is 9.48. The summed E-state index contributed by atoms with van der Waals surface area (Å²) in [5.74, 6) is 2.11. The fraction of sp³-hybridized carbons (Fsp3) is 0.871. The number of ether oxygens (including phenoxy) is 3. The van der Waals surface area contributed by atoms with Crippen molar-refractivity contribution < 1.29 is 23.8 Å². The summed E-state index contributed by atoms with van der Waals surface area (Å²) in [6.45, 7) is 15.1. The van der Waals surface area contributed by atoms with Crippen LogP contribution in [0.4, 0.5) is 0 Å². The standard InChI is InChI=1S/C31H48O5/c1-18(2)9-8-10-19(3)23-11-12-24-26-25(14-15-29(23,24)6)30(7)16-13-22(34-20(4)32)17-31(30)28(36-31)27(26)35-21(5)33/h18-19,22-23,25,27-28H,8-17H2,1-7H3/t19?,22-,23+,25?,27-,28-,29+,30+,31-/m0/s1. The minimum absolute atomic E-state index is 0.00437. The van der Waals surface area contributed by atoms with E-state index in [1.165, 1.54) is 51.5 Å². The van der Waals surface area contributed by atoms with Crippen LogP contribution in [0.2, 0.25) is 0 Å². The van der Waals surface area contributed by atoms with Gasteiger partial charge in [-0.05, 0) is 73.2 Å². The molecule has 0 N–H and O–H groups in total. The molecule has 0 amide bonds. The average Bonchev–Trinajstić information content (AvgIpc) is 3.39. The molecule has 1 saturated heterocycles. The van der Waals surface area contributed by atoms with E-state index < -0.39 is 0 Å². The van der Waals surface area contributed by atoms with Gasteiger partial charge in [0.15, 0.2) is 6.10 Å². The van der Waals surface area contributed by atoms with Gasteiger partial charge in [0.2, 0.25) is 0 Å². The predicted octanol–water partition coefficient (Wildman–Crippen LogP) is 6.78. The van der Waals surface area contributed by atoms with Crippen LogP contribution in [-0.4, -0.2) is 35.9 Å². The molecule has 0 radical (unpaired) electrons. The summed E-state index contributed by atoms with van der Waals surface area (Å²) in [4.78, 5) is 24.1. The number of esters is 2. The molecule has 1 heterocycles. The van der Waals surface area contributed by atoms with Crippen molar-refractivity contribution in [3.63, 3.8) is 0 Å². The number of carbonyl (C=O) groups excluding carboxylic acids is 2. The number of hydrogen-bond donors (Lipinski definition) is 0. The SMILES string of the molecule is CC(=O)O[C@H]1CC[C@]2(C)C3CC[C@@]4(C)C(=C3[C@H](OC(C)=O)[C@@H]3O[C@@]32C1)CC[C@@H]4C(C)CCCC(C)C. The van der Waals surface area contributed by atoms with Crippen molar-refractivity contribution in [2.24, 2.45) is 34.5 Å². The van der Waals surface area contributed by atoms with Crippen LogP contribution in [0.3, 0.4) is 0 Å². The Labute approximate surface area is 218 Å². The number of hydrogen-bond acceptors (Lipinski definition) is 5. The lowest BCUT2D eigenvalue weighted by Crippen LogP contribution is -2.58. The van der Waals surface area contributed by atoms with Gasteiger partial charge < -0.3 is 14.2 Å². The van der Waals surface area contributed by atoms with E-state index in [0.29, 0.717) is 17.8 Å². The van der Waals surface area contributed by atoms with Crippen LogP contribution in [0.15, 0.2) is 11.1 Å². The van der Waals surface area contributed by atoms with Crippen molar-refractivity contribution in [3.8, 4) is 0 Å². The molecule has 4 fully saturated rings. The maximum atomic E-state index is 12.3. The lowest BCUT2D eigenvalue weighted by Gasteiger charge is -2.56. The van der Waals surface area contributed by atoms with Gasteiger partial charge in [-0.1, -0.05) is 59.5 Å². The largest absolute Gasteiger partial charge is 0.462 e. The van der Waals surface area contributed by atoms with Gasteiger partial charge in [0.25, 0.3) is 0 Å². The van der Waals surface area contributed by atoms with E-state index in [-0.39, 0.29) is 46.7 Å². The normalized spacial score (nSPS) is 43.7. The number of carbonyl (C=O) groups is 2. The third kappa shape index (κ3) is 3.98. The molecular formula is C31H48O5. The smallest absolute Gasteiger partial charge is 0.303 e. The maximum absolute atomic E-state index is 12.3. The number of rotatable bonds is 7. The molecular weight excluding hydrogens is 452 g/mol. The van der Waals surface area contributed by atoms with E-state index in [1.807, 2.05) is 0 Å². The van der Waals surface area contributed by atoms with Gasteiger partial charge >= 0.3 is 11.9 Å². The zero-order valence-corrected chi connectivity index (χ0v) is 23.7. The zero-order valence-electron chi connectivity index (χ0n) is 23.7. The van der Waals surface area contributed by atoms with Crippen molar-refractivity contribution in [3.05, 3.63) is 11.1 Å². The Morgan fingerprint density at radius 3 is 2.39 bits per heavy atom. The third-order valence-corrected chi connectivity index (χ3v) is 11.2. The molecule has 1 spiro atoms. The summed E-state index contributed by atoms with van der Waals surface area (Å²) < 4.78 is 18.4. The van der Waals surface area contributed by atoms with Crippen LogP contribution in [0.1, 0.15) is 113 Å². The molecule has 5 heteroatoms. The van der Waals surface area contributed by atoms with E-state index in [1.54, 1.807) is 5.57 Å². The van der Waals surface area contributed by atoms with Gasteiger partial charge in [0.05, 0.1) is 0 Å². The first-order chi connectivity index (χ1) is 16.9. The van der Waals surface area contributed by atoms with E-state index in [9.17, 15) is 9.59 Å². The first kappa shape index (κ1) is 26.3. The molecule has 0 aromatic rings. The molecule has 1 aliphatic heterocycles. The second-order valence-electron chi connectivity index (χ2n) is 13.7. The van der Waals surface area contributed by atoms with Crippen LogP contribution >= 0.6 is 0 Å². The van der Waals surface area contributed by atoms with E-state index >= 15 is 0 Å². The molecule has 2 unspecified atom stereocenters. The van der Waals surface area contributed by atoms with Crippen molar-refractivity contribution in [2.75, 3.05) is 0 Å². The van der Waals surface area contributed by atoms with Crippen LogP contribution < -0.4 is 0 Å². The molecule has 36 heavy (non-hydrogen) atoms. The highest BCUT2D eigenvalue weighted by molar-refractivity contribution is 5.67. The van der Waals surface area contributed by atoms with Crippen LogP contribution in [0.5, 0.6) is 0 Å².